The van der Waals surface area contributed by atoms with E-state index >= 15 is 0 Å². The topological polar surface area (TPSA) is 96.1 Å². The molecule has 1 aromatic heterocycles. The zero-order valence-corrected chi connectivity index (χ0v) is 16.5. The largest absolute Gasteiger partial charge is 0.488 e. The first kappa shape index (κ1) is 20.0. The molecule has 0 radical (unpaired) electrons. The van der Waals surface area contributed by atoms with Gasteiger partial charge in [0.05, 0.1) is 5.56 Å². The number of aromatic carboxylic acids is 1. The van der Waals surface area contributed by atoms with Crippen LogP contribution in [0.4, 0.5) is 0 Å². The molecule has 0 aliphatic rings. The van der Waals surface area contributed by atoms with Crippen molar-refractivity contribution in [3.8, 4) is 23.2 Å². The standard InChI is InChI=1S/C23H21N3O3/c1-23(2,3)18-7-4-15(5-8-18)14-29-20-9-6-16(12-17(20)13-24)21-25-11-10-19(26-21)22(27)28/h4-12H,14H2,1-3H3,(H,27,28). The third-order valence-electron chi connectivity index (χ3n) is 4.45. The molecule has 0 atom stereocenters. The van der Waals surface area contributed by atoms with Crippen LogP contribution in [0.3, 0.4) is 0 Å². The van der Waals surface area contributed by atoms with Gasteiger partial charge in [0.2, 0.25) is 0 Å². The van der Waals surface area contributed by atoms with E-state index in [4.69, 9.17) is 9.84 Å². The summed E-state index contributed by atoms with van der Waals surface area (Å²) in [6.07, 6.45) is 1.38. The number of benzene rings is 2. The van der Waals surface area contributed by atoms with Crippen molar-refractivity contribution in [3.63, 3.8) is 0 Å². The van der Waals surface area contributed by atoms with Gasteiger partial charge in [-0.05, 0) is 40.8 Å². The van der Waals surface area contributed by atoms with Crippen LogP contribution in [0.15, 0.2) is 54.7 Å². The highest BCUT2D eigenvalue weighted by molar-refractivity contribution is 5.85. The zero-order chi connectivity index (χ0) is 21.0. The molecule has 6 heteroatoms. The number of nitriles is 1. The Labute approximate surface area is 169 Å². The molecule has 0 saturated carbocycles. The Morgan fingerprint density at radius 2 is 1.86 bits per heavy atom. The van der Waals surface area contributed by atoms with Gasteiger partial charge in [0.1, 0.15) is 18.4 Å². The van der Waals surface area contributed by atoms with Crippen molar-refractivity contribution in [2.45, 2.75) is 32.8 Å². The van der Waals surface area contributed by atoms with Gasteiger partial charge in [-0.2, -0.15) is 5.26 Å². The van der Waals surface area contributed by atoms with Gasteiger partial charge < -0.3 is 9.84 Å². The molecule has 3 rings (SSSR count). The van der Waals surface area contributed by atoms with E-state index in [-0.39, 0.29) is 16.9 Å². The van der Waals surface area contributed by atoms with E-state index in [0.717, 1.165) is 5.56 Å². The predicted octanol–water partition coefficient (Wildman–Crippen LogP) is 4.59. The second-order valence-electron chi connectivity index (χ2n) is 7.63. The zero-order valence-electron chi connectivity index (χ0n) is 16.5. The van der Waals surface area contributed by atoms with Crippen molar-refractivity contribution in [2.24, 2.45) is 0 Å². The first-order valence-corrected chi connectivity index (χ1v) is 9.11. The number of hydrogen-bond acceptors (Lipinski definition) is 5. The first-order valence-electron chi connectivity index (χ1n) is 9.11. The van der Waals surface area contributed by atoms with Crippen molar-refractivity contribution in [1.82, 2.24) is 9.97 Å². The molecule has 2 aromatic carbocycles. The summed E-state index contributed by atoms with van der Waals surface area (Å²) in [7, 11) is 0. The summed E-state index contributed by atoms with van der Waals surface area (Å²) in [6.45, 7) is 6.82. The number of hydrogen-bond donors (Lipinski definition) is 1. The summed E-state index contributed by atoms with van der Waals surface area (Å²) in [4.78, 5) is 19.2. The minimum Gasteiger partial charge on any atom is -0.488 e. The second kappa shape index (κ2) is 8.11. The van der Waals surface area contributed by atoms with Crippen molar-refractivity contribution in [2.75, 3.05) is 0 Å². The molecule has 146 valence electrons. The molecule has 0 spiro atoms. The molecular weight excluding hydrogens is 366 g/mol. The van der Waals surface area contributed by atoms with Crippen LogP contribution in [0.25, 0.3) is 11.4 Å². The minimum absolute atomic E-state index is 0.0865. The van der Waals surface area contributed by atoms with Crippen molar-refractivity contribution < 1.29 is 14.6 Å². The van der Waals surface area contributed by atoms with E-state index in [0.29, 0.717) is 23.5 Å². The van der Waals surface area contributed by atoms with Crippen LogP contribution in [0, 0.1) is 11.3 Å². The maximum Gasteiger partial charge on any atom is 0.354 e. The number of nitrogens with zero attached hydrogens (tertiary/aromatic N) is 3. The quantitative estimate of drug-likeness (QED) is 0.688. The van der Waals surface area contributed by atoms with Gasteiger partial charge in [-0.25, -0.2) is 14.8 Å². The average Bonchev–Trinajstić information content (AvgIpc) is 2.72. The lowest BCUT2D eigenvalue weighted by Gasteiger charge is -2.19. The SMILES string of the molecule is CC(C)(C)c1ccc(COc2ccc(-c3nccc(C(=O)O)n3)cc2C#N)cc1. The van der Waals surface area contributed by atoms with Gasteiger partial charge in [-0.3, -0.25) is 0 Å². The van der Waals surface area contributed by atoms with Crippen LogP contribution in [0.2, 0.25) is 0 Å². The van der Waals surface area contributed by atoms with Crippen LogP contribution in [-0.2, 0) is 12.0 Å². The molecule has 0 aliphatic carbocycles. The lowest BCUT2D eigenvalue weighted by atomic mass is 9.87. The number of aromatic nitrogens is 2. The van der Waals surface area contributed by atoms with Gasteiger partial charge in [-0.15, -0.1) is 0 Å². The number of rotatable bonds is 5. The smallest absolute Gasteiger partial charge is 0.354 e. The van der Waals surface area contributed by atoms with E-state index in [1.54, 1.807) is 18.2 Å². The second-order valence-corrected chi connectivity index (χ2v) is 7.63. The molecule has 3 aromatic rings. The van der Waals surface area contributed by atoms with E-state index in [2.05, 4.69) is 48.9 Å². The van der Waals surface area contributed by atoms with E-state index in [9.17, 15) is 10.1 Å². The third-order valence-corrected chi connectivity index (χ3v) is 4.45. The van der Waals surface area contributed by atoms with Crippen LogP contribution in [0.1, 0.15) is 48.0 Å². The molecule has 0 amide bonds. The Morgan fingerprint density at radius 3 is 2.48 bits per heavy atom. The first-order chi connectivity index (χ1) is 13.8. The molecular formula is C23H21N3O3. The third kappa shape index (κ3) is 4.77. The lowest BCUT2D eigenvalue weighted by molar-refractivity contribution is 0.0690. The fourth-order valence-electron chi connectivity index (χ4n) is 2.76. The highest BCUT2D eigenvalue weighted by Crippen LogP contribution is 2.26. The molecule has 6 nitrogen and oxygen atoms in total. The van der Waals surface area contributed by atoms with Gasteiger partial charge in [0.25, 0.3) is 0 Å². The van der Waals surface area contributed by atoms with Crippen LogP contribution in [0.5, 0.6) is 5.75 Å². The Hall–Kier alpha value is -3.72. The number of carboxylic acids is 1. The summed E-state index contributed by atoms with van der Waals surface area (Å²) in [5, 5.41) is 18.6. The summed E-state index contributed by atoms with van der Waals surface area (Å²) in [5.41, 5.74) is 3.11. The number of carboxylic acid groups (broad SMARTS) is 1. The molecule has 1 N–H and O–H groups in total. The fraction of sp³-hybridized carbons (Fsp3) is 0.217. The van der Waals surface area contributed by atoms with E-state index < -0.39 is 5.97 Å². The molecule has 0 aliphatic heterocycles. The predicted molar refractivity (Wildman–Crippen MR) is 109 cm³/mol. The summed E-state index contributed by atoms with van der Waals surface area (Å²) < 4.78 is 5.83. The van der Waals surface area contributed by atoms with E-state index in [1.807, 2.05) is 12.1 Å². The lowest BCUT2D eigenvalue weighted by Crippen LogP contribution is -2.10. The van der Waals surface area contributed by atoms with Crippen LogP contribution >= 0.6 is 0 Å². The molecule has 29 heavy (non-hydrogen) atoms. The van der Waals surface area contributed by atoms with Crippen molar-refractivity contribution in [3.05, 3.63) is 77.1 Å². The fourth-order valence-corrected chi connectivity index (χ4v) is 2.76. The normalized spacial score (nSPS) is 11.0. The number of ether oxygens (including phenoxy) is 1. The maximum atomic E-state index is 11.1. The Bertz CT molecular complexity index is 1080. The molecule has 0 bridgehead atoms. The van der Waals surface area contributed by atoms with Crippen LogP contribution < -0.4 is 4.74 Å². The molecule has 0 unspecified atom stereocenters. The van der Waals surface area contributed by atoms with Crippen molar-refractivity contribution in [1.29, 1.82) is 5.26 Å². The summed E-state index contributed by atoms with van der Waals surface area (Å²) in [6, 6.07) is 16.6. The maximum absolute atomic E-state index is 11.1. The van der Waals surface area contributed by atoms with Gasteiger partial charge in [0.15, 0.2) is 11.5 Å². The van der Waals surface area contributed by atoms with Crippen LogP contribution in [-0.4, -0.2) is 21.0 Å². The van der Waals surface area contributed by atoms with E-state index in [1.165, 1.54) is 17.8 Å². The van der Waals surface area contributed by atoms with Gasteiger partial charge in [0, 0.05) is 11.8 Å². The summed E-state index contributed by atoms with van der Waals surface area (Å²) in [5.74, 6) is -0.442. The Balaban J connectivity index is 1.78. The molecule has 1 heterocycles. The number of carbonyl (C=O) groups is 1. The Morgan fingerprint density at radius 1 is 1.14 bits per heavy atom. The highest BCUT2D eigenvalue weighted by atomic mass is 16.5. The Kier molecular flexibility index (Phi) is 5.60. The summed E-state index contributed by atoms with van der Waals surface area (Å²) >= 11 is 0. The van der Waals surface area contributed by atoms with Crippen molar-refractivity contribution >= 4 is 5.97 Å². The van der Waals surface area contributed by atoms with Gasteiger partial charge in [-0.1, -0.05) is 45.0 Å². The molecule has 0 saturated heterocycles. The minimum atomic E-state index is -1.13. The average molecular weight is 387 g/mol. The monoisotopic (exact) mass is 387 g/mol. The highest BCUT2D eigenvalue weighted by Gasteiger charge is 2.14. The van der Waals surface area contributed by atoms with Gasteiger partial charge >= 0.3 is 5.97 Å². The molecule has 0 fully saturated rings.